The Bertz CT molecular complexity index is 383. The van der Waals surface area contributed by atoms with Crippen LogP contribution < -0.4 is 10.1 Å². The molecule has 0 saturated carbocycles. The van der Waals surface area contributed by atoms with Gasteiger partial charge < -0.3 is 10.1 Å². The number of ether oxygens (including phenoxy) is 1. The van der Waals surface area contributed by atoms with Gasteiger partial charge in [0.25, 0.3) is 0 Å². The van der Waals surface area contributed by atoms with Gasteiger partial charge in [-0.3, -0.25) is 4.90 Å². The van der Waals surface area contributed by atoms with Gasteiger partial charge in [-0.2, -0.15) is 0 Å². The molecule has 4 heteroatoms. The molecular formula is C15H25N3O. The van der Waals surface area contributed by atoms with Crippen LogP contribution in [-0.2, 0) is 6.54 Å². The average molecular weight is 263 g/mol. The largest absolute Gasteiger partial charge is 0.481 e. The third-order valence-corrected chi connectivity index (χ3v) is 3.89. The van der Waals surface area contributed by atoms with Crippen LogP contribution in [0.3, 0.4) is 0 Å². The van der Waals surface area contributed by atoms with Crippen molar-refractivity contribution in [1.29, 1.82) is 0 Å². The Hall–Kier alpha value is -1.13. The fraction of sp³-hybridized carbons (Fsp3) is 0.667. The van der Waals surface area contributed by atoms with Gasteiger partial charge >= 0.3 is 0 Å². The lowest BCUT2D eigenvalue weighted by Gasteiger charge is -2.36. The molecule has 4 nitrogen and oxygen atoms in total. The monoisotopic (exact) mass is 263 g/mol. The van der Waals surface area contributed by atoms with E-state index in [2.05, 4.69) is 21.3 Å². The fourth-order valence-electron chi connectivity index (χ4n) is 2.85. The Morgan fingerprint density at radius 2 is 2.37 bits per heavy atom. The molecule has 1 fully saturated rings. The van der Waals surface area contributed by atoms with Crippen LogP contribution in [0.4, 0.5) is 0 Å². The van der Waals surface area contributed by atoms with Gasteiger partial charge in [-0.1, -0.05) is 12.5 Å². The SMILES string of the molecule is CNCCC1CCCCN1Cc1cccnc1OC. The van der Waals surface area contributed by atoms with Gasteiger partial charge in [0, 0.05) is 24.3 Å². The van der Waals surface area contributed by atoms with E-state index in [9.17, 15) is 0 Å². The molecule has 2 heterocycles. The number of hydrogen-bond acceptors (Lipinski definition) is 4. The molecule has 0 spiro atoms. The molecule has 1 aromatic heterocycles. The van der Waals surface area contributed by atoms with Crippen LogP contribution in [0.25, 0.3) is 0 Å². The molecule has 19 heavy (non-hydrogen) atoms. The van der Waals surface area contributed by atoms with Crippen LogP contribution in [0.2, 0.25) is 0 Å². The number of piperidine rings is 1. The number of nitrogens with zero attached hydrogens (tertiary/aromatic N) is 2. The molecule has 0 bridgehead atoms. The first kappa shape index (κ1) is 14.3. The second-order valence-electron chi connectivity index (χ2n) is 5.18. The highest BCUT2D eigenvalue weighted by Crippen LogP contribution is 2.24. The number of aromatic nitrogens is 1. The molecule has 106 valence electrons. The first-order chi connectivity index (χ1) is 9.35. The number of methoxy groups -OCH3 is 1. The van der Waals surface area contributed by atoms with Crippen LogP contribution in [0.15, 0.2) is 18.3 Å². The first-order valence-electron chi connectivity index (χ1n) is 7.21. The number of likely N-dealkylation sites (tertiary alicyclic amines) is 1. The van der Waals surface area contributed by atoms with Gasteiger partial charge in [0.2, 0.25) is 5.88 Å². The van der Waals surface area contributed by atoms with Crippen LogP contribution in [0, 0.1) is 0 Å². The minimum atomic E-state index is 0.686. The van der Waals surface area contributed by atoms with E-state index in [1.165, 1.54) is 37.8 Å². The van der Waals surface area contributed by atoms with Gasteiger partial charge in [-0.05, 0) is 45.5 Å². The summed E-state index contributed by atoms with van der Waals surface area (Å²) in [7, 11) is 3.72. The van der Waals surface area contributed by atoms with E-state index >= 15 is 0 Å². The maximum atomic E-state index is 5.35. The van der Waals surface area contributed by atoms with Gasteiger partial charge in [0.05, 0.1) is 7.11 Å². The predicted octanol–water partition coefficient (Wildman–Crippen LogP) is 2.05. The van der Waals surface area contributed by atoms with Gasteiger partial charge in [0.15, 0.2) is 0 Å². The van der Waals surface area contributed by atoms with Crippen molar-refractivity contribution in [3.05, 3.63) is 23.9 Å². The Balaban J connectivity index is 2.02. The lowest BCUT2D eigenvalue weighted by atomic mass is 9.98. The van der Waals surface area contributed by atoms with Gasteiger partial charge in [-0.25, -0.2) is 4.98 Å². The number of hydrogen-bond donors (Lipinski definition) is 1. The maximum Gasteiger partial charge on any atom is 0.217 e. The van der Waals surface area contributed by atoms with Gasteiger partial charge in [0.1, 0.15) is 0 Å². The molecule has 1 unspecified atom stereocenters. The minimum Gasteiger partial charge on any atom is -0.481 e. The predicted molar refractivity (Wildman–Crippen MR) is 77.4 cm³/mol. The van der Waals surface area contributed by atoms with E-state index in [0.29, 0.717) is 6.04 Å². The fourth-order valence-corrected chi connectivity index (χ4v) is 2.85. The van der Waals surface area contributed by atoms with Crippen molar-refractivity contribution in [2.24, 2.45) is 0 Å². The van der Waals surface area contributed by atoms with Crippen molar-refractivity contribution in [2.45, 2.75) is 38.3 Å². The Morgan fingerprint density at radius 1 is 1.47 bits per heavy atom. The Labute approximate surface area is 116 Å². The molecule has 0 aromatic carbocycles. The zero-order chi connectivity index (χ0) is 13.5. The van der Waals surface area contributed by atoms with Crippen molar-refractivity contribution in [2.75, 3.05) is 27.2 Å². The van der Waals surface area contributed by atoms with E-state index in [1.807, 2.05) is 13.1 Å². The summed E-state index contributed by atoms with van der Waals surface area (Å²) in [4.78, 5) is 6.87. The second kappa shape index (κ2) is 7.46. The lowest BCUT2D eigenvalue weighted by Crippen LogP contribution is -2.40. The molecule has 0 amide bonds. The summed E-state index contributed by atoms with van der Waals surface area (Å²) in [5.74, 6) is 0.764. The summed E-state index contributed by atoms with van der Waals surface area (Å²) in [5.41, 5.74) is 1.20. The van der Waals surface area contributed by atoms with Crippen molar-refractivity contribution < 1.29 is 4.74 Å². The molecule has 1 atom stereocenters. The summed E-state index contributed by atoms with van der Waals surface area (Å²) in [5, 5.41) is 3.26. The standard InChI is InChI=1S/C15H25N3O/c1-16-10-8-14-7-3-4-11-18(14)12-13-6-5-9-17-15(13)19-2/h5-6,9,14,16H,3-4,7-8,10-12H2,1-2H3. The van der Waals surface area contributed by atoms with E-state index in [-0.39, 0.29) is 0 Å². The maximum absolute atomic E-state index is 5.35. The molecule has 1 aromatic rings. The topological polar surface area (TPSA) is 37.4 Å². The molecule has 2 rings (SSSR count). The summed E-state index contributed by atoms with van der Waals surface area (Å²) in [6.45, 7) is 3.23. The van der Waals surface area contributed by atoms with Crippen molar-refractivity contribution in [3.63, 3.8) is 0 Å². The number of rotatable bonds is 6. The highest BCUT2D eigenvalue weighted by atomic mass is 16.5. The summed E-state index contributed by atoms with van der Waals surface area (Å²) >= 11 is 0. The number of nitrogens with one attached hydrogen (secondary N) is 1. The minimum absolute atomic E-state index is 0.686. The highest BCUT2D eigenvalue weighted by Gasteiger charge is 2.22. The molecule has 1 aliphatic rings. The third-order valence-electron chi connectivity index (χ3n) is 3.89. The van der Waals surface area contributed by atoms with Gasteiger partial charge in [-0.15, -0.1) is 0 Å². The van der Waals surface area contributed by atoms with E-state index < -0.39 is 0 Å². The zero-order valence-corrected chi connectivity index (χ0v) is 12.1. The molecule has 0 aliphatic carbocycles. The molecular weight excluding hydrogens is 238 g/mol. The van der Waals surface area contributed by atoms with E-state index in [0.717, 1.165) is 19.0 Å². The van der Waals surface area contributed by atoms with Crippen LogP contribution in [-0.4, -0.2) is 43.2 Å². The lowest BCUT2D eigenvalue weighted by molar-refractivity contribution is 0.131. The molecule has 0 radical (unpaired) electrons. The molecule has 1 N–H and O–H groups in total. The molecule has 1 saturated heterocycles. The first-order valence-corrected chi connectivity index (χ1v) is 7.21. The van der Waals surface area contributed by atoms with Crippen molar-refractivity contribution in [3.8, 4) is 5.88 Å². The zero-order valence-electron chi connectivity index (χ0n) is 12.1. The Kier molecular flexibility index (Phi) is 5.61. The normalized spacial score (nSPS) is 20.4. The van der Waals surface area contributed by atoms with Crippen LogP contribution in [0.5, 0.6) is 5.88 Å². The summed E-state index contributed by atoms with van der Waals surface area (Å²) < 4.78 is 5.35. The van der Waals surface area contributed by atoms with E-state index in [1.54, 1.807) is 13.3 Å². The van der Waals surface area contributed by atoms with E-state index in [4.69, 9.17) is 4.74 Å². The number of pyridine rings is 1. The van der Waals surface area contributed by atoms with Crippen LogP contribution in [0.1, 0.15) is 31.2 Å². The quantitative estimate of drug-likeness (QED) is 0.852. The van der Waals surface area contributed by atoms with Crippen LogP contribution >= 0.6 is 0 Å². The highest BCUT2D eigenvalue weighted by molar-refractivity contribution is 5.25. The summed E-state index contributed by atoms with van der Waals surface area (Å²) in [6, 6.07) is 4.80. The summed E-state index contributed by atoms with van der Waals surface area (Å²) in [6.07, 6.45) is 6.98. The second-order valence-corrected chi connectivity index (χ2v) is 5.18. The average Bonchev–Trinajstić information content (AvgIpc) is 2.47. The van der Waals surface area contributed by atoms with Crippen molar-refractivity contribution >= 4 is 0 Å². The van der Waals surface area contributed by atoms with Crippen molar-refractivity contribution in [1.82, 2.24) is 15.2 Å². The smallest absolute Gasteiger partial charge is 0.217 e. The Morgan fingerprint density at radius 3 is 3.16 bits per heavy atom. The third kappa shape index (κ3) is 3.91. The molecule has 1 aliphatic heterocycles.